The van der Waals surface area contributed by atoms with Gasteiger partial charge < -0.3 is 14.7 Å². The average molecular weight is 410 g/mol. The zero-order chi connectivity index (χ0) is 22.3. The number of carbonyl (C=O) groups excluding carboxylic acids is 2. The molecule has 0 aromatic heterocycles. The monoisotopic (exact) mass is 409 g/mol. The van der Waals surface area contributed by atoms with Crippen LogP contribution in [0.15, 0.2) is 36.4 Å². The normalized spacial score (nSPS) is 18.5. The minimum absolute atomic E-state index is 0.0702. The molecule has 2 aromatic rings. The Hall–Kier alpha value is -2.66. The number of hydrogen-bond acceptors (Lipinski definition) is 4. The fourth-order valence-corrected chi connectivity index (χ4v) is 4.14. The Morgan fingerprint density at radius 2 is 1.67 bits per heavy atom. The fraction of sp³-hybridized carbons (Fsp3) is 0.440. The van der Waals surface area contributed by atoms with Gasteiger partial charge in [0.15, 0.2) is 5.60 Å². The van der Waals surface area contributed by atoms with Crippen LogP contribution >= 0.6 is 0 Å². The number of ether oxygens (including phenoxy) is 1. The molecule has 160 valence electrons. The van der Waals surface area contributed by atoms with Gasteiger partial charge in [-0.15, -0.1) is 0 Å². The first-order valence-corrected chi connectivity index (χ1v) is 10.3. The summed E-state index contributed by atoms with van der Waals surface area (Å²) < 4.78 is 5.88. The van der Waals surface area contributed by atoms with Crippen LogP contribution in [0.4, 0.5) is 5.69 Å². The number of amides is 1. The molecule has 0 saturated carbocycles. The highest BCUT2D eigenvalue weighted by atomic mass is 16.5. The van der Waals surface area contributed by atoms with E-state index in [1.807, 2.05) is 50.2 Å². The molecule has 0 bridgehead atoms. The molecule has 0 fully saturated rings. The summed E-state index contributed by atoms with van der Waals surface area (Å²) >= 11 is 0. The van der Waals surface area contributed by atoms with Crippen LogP contribution in [-0.4, -0.2) is 29.9 Å². The zero-order valence-corrected chi connectivity index (χ0v) is 18.7. The van der Waals surface area contributed by atoms with E-state index in [2.05, 4.69) is 20.8 Å². The Bertz CT molecular complexity index is 972. The van der Waals surface area contributed by atoms with E-state index in [4.69, 9.17) is 4.74 Å². The number of rotatable bonds is 6. The van der Waals surface area contributed by atoms with Crippen molar-refractivity contribution in [1.82, 2.24) is 0 Å². The molecule has 1 N–H and O–H groups in total. The molecular weight excluding hydrogens is 378 g/mol. The number of fused-ring (bicyclic) bond motifs is 1. The van der Waals surface area contributed by atoms with Crippen molar-refractivity contribution in [3.8, 4) is 5.75 Å². The topological polar surface area (TPSA) is 66.8 Å². The van der Waals surface area contributed by atoms with Crippen LogP contribution in [0.5, 0.6) is 5.75 Å². The Balaban J connectivity index is 1.81. The van der Waals surface area contributed by atoms with Crippen LogP contribution in [0.3, 0.4) is 0 Å². The minimum atomic E-state index is -1.81. The average Bonchev–Trinajstić information content (AvgIpc) is 2.86. The van der Waals surface area contributed by atoms with E-state index in [0.29, 0.717) is 11.3 Å². The molecule has 1 unspecified atom stereocenters. The number of aryl methyl sites for hydroxylation is 2. The first-order valence-electron chi connectivity index (χ1n) is 10.3. The van der Waals surface area contributed by atoms with Gasteiger partial charge in [0.05, 0.1) is 12.2 Å². The smallest absolute Gasteiger partial charge is 0.264 e. The van der Waals surface area contributed by atoms with Gasteiger partial charge in [-0.3, -0.25) is 9.59 Å². The fourth-order valence-electron chi connectivity index (χ4n) is 4.14. The van der Waals surface area contributed by atoms with Crippen molar-refractivity contribution in [2.75, 3.05) is 18.1 Å². The van der Waals surface area contributed by atoms with E-state index in [0.717, 1.165) is 16.9 Å². The second-order valence-electron chi connectivity index (χ2n) is 9.24. The second-order valence-corrected chi connectivity index (χ2v) is 9.24. The van der Waals surface area contributed by atoms with Crippen LogP contribution in [-0.2, 0) is 20.6 Å². The van der Waals surface area contributed by atoms with E-state index in [9.17, 15) is 14.7 Å². The van der Waals surface area contributed by atoms with Gasteiger partial charge >= 0.3 is 0 Å². The van der Waals surface area contributed by atoms with Gasteiger partial charge in [-0.1, -0.05) is 45.0 Å². The summed E-state index contributed by atoms with van der Waals surface area (Å²) in [4.78, 5) is 26.6. The van der Waals surface area contributed by atoms with Gasteiger partial charge in [-0.25, -0.2) is 0 Å². The maximum atomic E-state index is 13.2. The van der Waals surface area contributed by atoms with Crippen molar-refractivity contribution in [2.45, 2.75) is 59.0 Å². The third kappa shape index (κ3) is 3.99. The van der Waals surface area contributed by atoms with E-state index in [1.54, 1.807) is 4.90 Å². The van der Waals surface area contributed by atoms with Crippen LogP contribution in [0, 0.1) is 13.8 Å². The summed E-state index contributed by atoms with van der Waals surface area (Å²) in [5.74, 6) is 0.0429. The van der Waals surface area contributed by atoms with E-state index in [1.165, 1.54) is 12.5 Å². The number of aliphatic hydroxyl groups is 1. The third-order valence-corrected chi connectivity index (χ3v) is 5.68. The predicted octanol–water partition coefficient (Wildman–Crippen LogP) is 4.19. The molecule has 5 heteroatoms. The number of benzene rings is 2. The Morgan fingerprint density at radius 3 is 2.23 bits per heavy atom. The third-order valence-electron chi connectivity index (χ3n) is 5.68. The number of nitrogens with zero attached hydrogens (tertiary/aromatic N) is 1. The molecule has 1 aliphatic rings. The molecule has 30 heavy (non-hydrogen) atoms. The summed E-state index contributed by atoms with van der Waals surface area (Å²) in [6, 6.07) is 11.8. The SMILES string of the molecule is CC(=O)CC1(O)C(=O)N(CCOc2ccc(C(C)(C)C)cc2)c2c(C)ccc(C)c21. The molecule has 1 atom stereocenters. The Kier molecular flexibility index (Phi) is 5.79. The summed E-state index contributed by atoms with van der Waals surface area (Å²) in [6.45, 7) is 12.2. The van der Waals surface area contributed by atoms with Gasteiger partial charge in [0.25, 0.3) is 5.91 Å². The van der Waals surface area contributed by atoms with E-state index in [-0.39, 0.29) is 30.8 Å². The highest BCUT2D eigenvalue weighted by Crippen LogP contribution is 2.46. The lowest BCUT2D eigenvalue weighted by Gasteiger charge is -2.23. The van der Waals surface area contributed by atoms with Crippen molar-refractivity contribution in [1.29, 1.82) is 0 Å². The summed E-state index contributed by atoms with van der Waals surface area (Å²) in [5.41, 5.74) is 2.39. The minimum Gasteiger partial charge on any atom is -0.492 e. The molecule has 5 nitrogen and oxygen atoms in total. The molecule has 1 heterocycles. The lowest BCUT2D eigenvalue weighted by molar-refractivity contribution is -0.141. The quantitative estimate of drug-likeness (QED) is 0.777. The highest BCUT2D eigenvalue weighted by molar-refractivity contribution is 6.09. The molecule has 0 radical (unpaired) electrons. The van der Waals surface area contributed by atoms with Gasteiger partial charge in [0, 0.05) is 12.0 Å². The summed E-state index contributed by atoms with van der Waals surface area (Å²) in [6.07, 6.45) is -0.227. The maximum absolute atomic E-state index is 13.2. The largest absolute Gasteiger partial charge is 0.492 e. The number of Topliss-reactive ketones (excluding diaryl/α,β-unsaturated/α-hetero) is 1. The molecule has 0 saturated heterocycles. The molecule has 2 aromatic carbocycles. The van der Waals surface area contributed by atoms with Gasteiger partial charge in [-0.05, 0) is 55.0 Å². The van der Waals surface area contributed by atoms with Crippen LogP contribution in [0.2, 0.25) is 0 Å². The maximum Gasteiger partial charge on any atom is 0.264 e. The van der Waals surface area contributed by atoms with E-state index < -0.39 is 11.5 Å². The number of carbonyl (C=O) groups is 2. The van der Waals surface area contributed by atoms with Crippen molar-refractivity contribution in [3.05, 3.63) is 58.7 Å². The van der Waals surface area contributed by atoms with E-state index >= 15 is 0 Å². The van der Waals surface area contributed by atoms with Crippen molar-refractivity contribution >= 4 is 17.4 Å². The molecule has 0 aliphatic carbocycles. The lowest BCUT2D eigenvalue weighted by Crippen LogP contribution is -2.43. The van der Waals surface area contributed by atoms with Crippen LogP contribution < -0.4 is 9.64 Å². The molecule has 1 amide bonds. The summed E-state index contributed by atoms with van der Waals surface area (Å²) in [5, 5.41) is 11.2. The second kappa shape index (κ2) is 7.88. The number of anilines is 1. The van der Waals surface area contributed by atoms with Crippen LogP contribution in [0.1, 0.15) is 56.4 Å². The highest BCUT2D eigenvalue weighted by Gasteiger charge is 2.51. The molecule has 1 aliphatic heterocycles. The molecule has 0 spiro atoms. The van der Waals surface area contributed by atoms with Gasteiger partial charge in [0.1, 0.15) is 18.1 Å². The van der Waals surface area contributed by atoms with Gasteiger partial charge in [-0.2, -0.15) is 0 Å². The van der Waals surface area contributed by atoms with Gasteiger partial charge in [0.2, 0.25) is 0 Å². The predicted molar refractivity (Wildman–Crippen MR) is 118 cm³/mol. The van der Waals surface area contributed by atoms with Crippen molar-refractivity contribution in [2.24, 2.45) is 0 Å². The first-order chi connectivity index (χ1) is 13.9. The standard InChI is InChI=1S/C25H31NO4/c1-16-7-8-17(2)22-21(16)25(29,15-18(3)27)23(28)26(22)13-14-30-20-11-9-19(10-12-20)24(4,5)6/h7-12,29H,13-15H2,1-6H3. The number of hydrogen-bond donors (Lipinski definition) is 1. The van der Waals surface area contributed by atoms with Crippen molar-refractivity contribution in [3.63, 3.8) is 0 Å². The Morgan fingerprint density at radius 1 is 1.07 bits per heavy atom. The first kappa shape index (κ1) is 22.0. The lowest BCUT2D eigenvalue weighted by atomic mass is 9.86. The summed E-state index contributed by atoms with van der Waals surface area (Å²) in [7, 11) is 0. The number of ketones is 1. The Labute approximate surface area is 178 Å². The van der Waals surface area contributed by atoms with Crippen LogP contribution in [0.25, 0.3) is 0 Å². The molecular formula is C25H31NO4. The molecule has 3 rings (SSSR count). The van der Waals surface area contributed by atoms with Crippen molar-refractivity contribution < 1.29 is 19.4 Å². The zero-order valence-electron chi connectivity index (χ0n) is 18.7.